The highest BCUT2D eigenvalue weighted by Gasteiger charge is 2.48. The minimum Gasteiger partial charge on any atom is -0.399 e. The van der Waals surface area contributed by atoms with Crippen molar-refractivity contribution < 1.29 is 27.7 Å². The molecule has 0 bridgehead atoms. The van der Waals surface area contributed by atoms with Gasteiger partial charge in [-0.05, 0) is 36.2 Å². The van der Waals surface area contributed by atoms with E-state index in [0.29, 0.717) is 11.1 Å². The van der Waals surface area contributed by atoms with Crippen molar-refractivity contribution in [3.8, 4) is 11.1 Å². The Labute approximate surface area is 167 Å². The number of nitrogens with zero attached hydrogens (tertiary/aromatic N) is 2. The van der Waals surface area contributed by atoms with Gasteiger partial charge in [0.25, 0.3) is 5.91 Å². The number of carbonyl (C=O) groups excluding carboxylic acids is 2. The molecular formula is C20H19BF2N2O4. The fraction of sp³-hybridized carbons (Fsp3) is 0.300. The summed E-state index contributed by atoms with van der Waals surface area (Å²) < 4.78 is 39.7. The number of carbonyl (C=O) groups is 1. The van der Waals surface area contributed by atoms with Crippen LogP contribution in [0.2, 0.25) is 0 Å². The summed E-state index contributed by atoms with van der Waals surface area (Å²) in [5.41, 5.74) is 1.10. The molecule has 150 valence electrons. The third-order valence-corrected chi connectivity index (χ3v) is 4.68. The van der Waals surface area contributed by atoms with Crippen molar-refractivity contribution in [1.82, 2.24) is 4.90 Å². The molecule has 3 atom stereocenters. The molecule has 1 unspecified atom stereocenters. The lowest BCUT2D eigenvalue weighted by atomic mass is 9.78. The Morgan fingerprint density at radius 3 is 2.52 bits per heavy atom. The molecule has 1 heterocycles. The lowest BCUT2D eigenvalue weighted by Crippen LogP contribution is -2.43. The molecule has 3 rings (SSSR count). The molecule has 0 aliphatic carbocycles. The number of halogens is 2. The van der Waals surface area contributed by atoms with Gasteiger partial charge in [0.15, 0.2) is 0 Å². The molecule has 29 heavy (non-hydrogen) atoms. The Kier molecular flexibility index (Phi) is 6.22. The van der Waals surface area contributed by atoms with Gasteiger partial charge in [0, 0.05) is 19.6 Å². The van der Waals surface area contributed by atoms with Crippen LogP contribution in [0.25, 0.3) is 11.1 Å². The van der Waals surface area contributed by atoms with Crippen LogP contribution in [0, 0.1) is 11.6 Å². The van der Waals surface area contributed by atoms with E-state index in [4.69, 9.17) is 9.31 Å². The Morgan fingerprint density at radius 1 is 1.17 bits per heavy atom. The number of amides is 1. The van der Waals surface area contributed by atoms with Crippen molar-refractivity contribution in [3.63, 3.8) is 0 Å². The van der Waals surface area contributed by atoms with Crippen LogP contribution in [0.4, 0.5) is 8.78 Å². The van der Waals surface area contributed by atoms with Gasteiger partial charge in [-0.3, -0.25) is 4.79 Å². The average Bonchev–Trinajstić information content (AvgIpc) is 3.12. The van der Waals surface area contributed by atoms with Crippen LogP contribution in [0.3, 0.4) is 0 Å². The Morgan fingerprint density at radius 2 is 1.90 bits per heavy atom. The van der Waals surface area contributed by atoms with E-state index in [-0.39, 0.29) is 11.4 Å². The third-order valence-electron chi connectivity index (χ3n) is 4.68. The maximum atomic E-state index is 14.8. The van der Waals surface area contributed by atoms with Crippen molar-refractivity contribution in [3.05, 3.63) is 54.1 Å². The van der Waals surface area contributed by atoms with Crippen LogP contribution in [0.15, 0.2) is 47.5 Å². The number of isocyanates is 1. The normalized spacial score (nSPS) is 19.6. The summed E-state index contributed by atoms with van der Waals surface area (Å²) in [6.07, 6.45) is -0.489. The fourth-order valence-corrected chi connectivity index (χ4v) is 3.15. The van der Waals surface area contributed by atoms with Crippen molar-refractivity contribution in [2.45, 2.75) is 25.2 Å². The zero-order valence-corrected chi connectivity index (χ0v) is 16.1. The number of rotatable bonds is 5. The Balaban J connectivity index is 1.90. The molecule has 2 aromatic carbocycles. The third kappa shape index (κ3) is 4.43. The summed E-state index contributed by atoms with van der Waals surface area (Å²) in [5.74, 6) is -1.44. The second-order valence-electron chi connectivity index (χ2n) is 6.93. The summed E-state index contributed by atoms with van der Waals surface area (Å²) >= 11 is 0. The number of likely N-dealkylation sites (N-methyl/N-ethyl adjacent to an activating group) is 1. The molecule has 1 amide bonds. The summed E-state index contributed by atoms with van der Waals surface area (Å²) in [6, 6.07) is 9.44. The predicted octanol–water partition coefficient (Wildman–Crippen LogP) is 1.92. The molecule has 1 fully saturated rings. The van der Waals surface area contributed by atoms with Gasteiger partial charge in [-0.2, -0.15) is 0 Å². The summed E-state index contributed by atoms with van der Waals surface area (Å²) in [7, 11) is 1.95. The number of hydrogen-bond donors (Lipinski definition) is 0. The van der Waals surface area contributed by atoms with Crippen LogP contribution in [-0.2, 0) is 18.9 Å². The van der Waals surface area contributed by atoms with Crippen LogP contribution in [0.1, 0.15) is 6.92 Å². The Hall–Kier alpha value is -2.87. The van der Waals surface area contributed by atoms with Gasteiger partial charge in [0.05, 0.1) is 12.1 Å². The molecule has 0 spiro atoms. The topological polar surface area (TPSA) is 68.2 Å². The van der Waals surface area contributed by atoms with E-state index >= 15 is 0 Å². The minimum atomic E-state index is -1.15. The van der Waals surface area contributed by atoms with Crippen LogP contribution < -0.4 is 5.46 Å². The number of hydrogen-bond acceptors (Lipinski definition) is 5. The molecule has 0 radical (unpaired) electrons. The molecular weight excluding hydrogens is 381 g/mol. The fourth-order valence-electron chi connectivity index (χ4n) is 3.15. The smallest absolute Gasteiger partial charge is 0.399 e. The van der Waals surface area contributed by atoms with Gasteiger partial charge in [-0.25, -0.2) is 18.6 Å². The second kappa shape index (κ2) is 8.65. The Bertz CT molecular complexity index is 965. The van der Waals surface area contributed by atoms with E-state index in [0.717, 1.165) is 0 Å². The molecule has 1 aliphatic rings. The van der Waals surface area contributed by atoms with Crippen LogP contribution >= 0.6 is 0 Å². The molecule has 0 aromatic heterocycles. The van der Waals surface area contributed by atoms with Crippen LogP contribution in [0.5, 0.6) is 0 Å². The summed E-state index contributed by atoms with van der Waals surface area (Å²) in [4.78, 5) is 28.0. The first-order chi connectivity index (χ1) is 13.8. The molecule has 6 nitrogen and oxygen atoms in total. The largest absolute Gasteiger partial charge is 0.497 e. The number of benzene rings is 2. The van der Waals surface area contributed by atoms with Gasteiger partial charge in [0.1, 0.15) is 17.7 Å². The van der Waals surface area contributed by atoms with E-state index in [1.807, 2.05) is 0 Å². The first-order valence-corrected chi connectivity index (χ1v) is 8.96. The summed E-state index contributed by atoms with van der Waals surface area (Å²) in [6.45, 7) is 1.58. The molecule has 9 heteroatoms. The molecule has 2 aromatic rings. The van der Waals surface area contributed by atoms with Crippen molar-refractivity contribution >= 4 is 24.6 Å². The van der Waals surface area contributed by atoms with Gasteiger partial charge < -0.3 is 14.2 Å². The van der Waals surface area contributed by atoms with E-state index in [1.54, 1.807) is 33.2 Å². The monoisotopic (exact) mass is 400 g/mol. The van der Waals surface area contributed by atoms with Gasteiger partial charge in [-0.15, -0.1) is 0 Å². The van der Waals surface area contributed by atoms with E-state index in [2.05, 4.69) is 4.99 Å². The van der Waals surface area contributed by atoms with Gasteiger partial charge in [-0.1, -0.05) is 24.3 Å². The molecule has 0 N–H and O–H groups in total. The minimum absolute atomic E-state index is 0.0893. The van der Waals surface area contributed by atoms with E-state index < -0.39 is 37.0 Å². The number of aliphatic imine (C=N–C) groups is 1. The first-order valence-electron chi connectivity index (χ1n) is 8.96. The molecule has 1 aliphatic heterocycles. The van der Waals surface area contributed by atoms with Crippen LogP contribution in [-0.4, -0.2) is 56.4 Å². The average molecular weight is 400 g/mol. The van der Waals surface area contributed by atoms with Gasteiger partial charge >= 0.3 is 7.12 Å². The standard InChI is InChI=1S/C20H19BF2N2O4/c1-12(24-11-26)18-19(20(27)25(2)3)29-21(28-18)16-8-7-14(10-17(16)23)13-5-4-6-15(22)9-13/h4-10,12,18-19H,1-3H3/t12?,18-,19+/m0/s1. The maximum absolute atomic E-state index is 14.8. The zero-order chi connectivity index (χ0) is 21.1. The molecule has 0 saturated carbocycles. The lowest BCUT2D eigenvalue weighted by molar-refractivity contribution is -0.137. The predicted molar refractivity (Wildman–Crippen MR) is 103 cm³/mol. The highest BCUT2D eigenvalue weighted by atomic mass is 19.1. The highest BCUT2D eigenvalue weighted by Crippen LogP contribution is 2.25. The van der Waals surface area contributed by atoms with E-state index in [1.165, 1.54) is 41.3 Å². The van der Waals surface area contributed by atoms with Gasteiger partial charge in [0.2, 0.25) is 6.08 Å². The molecule has 1 saturated heterocycles. The SMILES string of the molecule is CC(N=C=O)[C@@H]1OB(c2ccc(-c3cccc(F)c3)cc2F)O[C@H]1C(=O)N(C)C. The van der Waals surface area contributed by atoms with Crippen molar-refractivity contribution in [1.29, 1.82) is 0 Å². The quantitative estimate of drug-likeness (QED) is 0.437. The summed E-state index contributed by atoms with van der Waals surface area (Å²) in [5, 5.41) is 0. The lowest BCUT2D eigenvalue weighted by Gasteiger charge is -2.22. The first kappa shape index (κ1) is 20.9. The maximum Gasteiger partial charge on any atom is 0.497 e. The zero-order valence-electron chi connectivity index (χ0n) is 16.1. The van der Waals surface area contributed by atoms with Crippen molar-refractivity contribution in [2.75, 3.05) is 14.1 Å². The van der Waals surface area contributed by atoms with Crippen molar-refractivity contribution in [2.24, 2.45) is 4.99 Å². The second-order valence-corrected chi connectivity index (χ2v) is 6.93. The van der Waals surface area contributed by atoms with E-state index in [9.17, 15) is 18.4 Å². The highest BCUT2D eigenvalue weighted by molar-refractivity contribution is 6.62.